The van der Waals surface area contributed by atoms with Crippen molar-refractivity contribution >= 4 is 5.91 Å². The highest BCUT2D eigenvalue weighted by Crippen LogP contribution is 2.21. The monoisotopic (exact) mass is 265 g/mol. The Balaban J connectivity index is 2.79. The molecule has 0 saturated heterocycles. The Morgan fingerprint density at radius 3 is 2.68 bits per heavy atom. The molecule has 0 aliphatic heterocycles. The van der Waals surface area contributed by atoms with Crippen molar-refractivity contribution in [2.45, 2.75) is 19.0 Å². The van der Waals surface area contributed by atoms with Crippen LogP contribution >= 0.6 is 0 Å². The van der Waals surface area contributed by atoms with E-state index in [-0.39, 0.29) is 11.9 Å². The van der Waals surface area contributed by atoms with Gasteiger partial charge in [-0.1, -0.05) is 12.1 Å². The number of hydrogen-bond acceptors (Lipinski definition) is 4. The predicted octanol–water partition coefficient (Wildman–Crippen LogP) is 0.761. The third-order valence-electron chi connectivity index (χ3n) is 2.99. The summed E-state index contributed by atoms with van der Waals surface area (Å²) < 4.78 is 5.22. The number of nitrogens with zero attached hydrogens (tertiary/aromatic N) is 1. The molecule has 1 aromatic carbocycles. The molecular weight excluding hydrogens is 242 g/mol. The molecule has 0 radical (unpaired) electrons. The van der Waals surface area contributed by atoms with E-state index in [0.717, 1.165) is 11.3 Å². The molecule has 1 rings (SSSR count). The summed E-state index contributed by atoms with van der Waals surface area (Å²) in [6, 6.07) is 7.42. The quantitative estimate of drug-likeness (QED) is 0.797. The lowest BCUT2D eigenvalue weighted by molar-refractivity contribution is -0.122. The summed E-state index contributed by atoms with van der Waals surface area (Å²) in [5.74, 6) is 0.664. The maximum atomic E-state index is 11.5. The van der Waals surface area contributed by atoms with Gasteiger partial charge in [-0.15, -0.1) is 0 Å². The Morgan fingerprint density at radius 2 is 2.16 bits per heavy atom. The highest BCUT2D eigenvalue weighted by Gasteiger charge is 2.16. The third kappa shape index (κ3) is 4.54. The fourth-order valence-electron chi connectivity index (χ4n) is 1.81. The van der Waals surface area contributed by atoms with Gasteiger partial charge in [-0.05, 0) is 38.7 Å². The molecule has 0 heterocycles. The van der Waals surface area contributed by atoms with Gasteiger partial charge >= 0.3 is 0 Å². The molecule has 1 amide bonds. The van der Waals surface area contributed by atoms with Crippen molar-refractivity contribution in [3.8, 4) is 5.75 Å². The molecule has 0 fully saturated rings. The van der Waals surface area contributed by atoms with Crippen LogP contribution in [-0.2, 0) is 4.79 Å². The number of likely N-dealkylation sites (N-methyl/N-ethyl adjacent to an activating group) is 1. The van der Waals surface area contributed by atoms with Crippen molar-refractivity contribution in [3.05, 3.63) is 29.8 Å². The first-order valence-electron chi connectivity index (χ1n) is 6.29. The Morgan fingerprint density at radius 1 is 1.47 bits per heavy atom. The zero-order chi connectivity index (χ0) is 14.4. The summed E-state index contributed by atoms with van der Waals surface area (Å²) in [6.45, 7) is 2.19. The highest BCUT2D eigenvalue weighted by atomic mass is 16.5. The summed E-state index contributed by atoms with van der Waals surface area (Å²) in [6.07, 6.45) is 0. The molecule has 106 valence electrons. The fourth-order valence-corrected chi connectivity index (χ4v) is 1.81. The van der Waals surface area contributed by atoms with E-state index in [1.54, 1.807) is 14.0 Å². The molecule has 5 nitrogen and oxygen atoms in total. The Hall–Kier alpha value is -1.59. The van der Waals surface area contributed by atoms with Crippen LogP contribution in [0.5, 0.6) is 5.75 Å². The van der Waals surface area contributed by atoms with Crippen LogP contribution in [0.25, 0.3) is 0 Å². The van der Waals surface area contributed by atoms with E-state index in [4.69, 9.17) is 10.5 Å². The van der Waals surface area contributed by atoms with E-state index in [0.29, 0.717) is 6.54 Å². The third-order valence-corrected chi connectivity index (χ3v) is 2.99. The Kier molecular flexibility index (Phi) is 5.79. The lowest BCUT2D eigenvalue weighted by Crippen LogP contribution is -2.42. The van der Waals surface area contributed by atoms with Crippen LogP contribution in [0.4, 0.5) is 0 Å². The van der Waals surface area contributed by atoms with Crippen LogP contribution in [0.15, 0.2) is 24.3 Å². The molecule has 0 aromatic heterocycles. The van der Waals surface area contributed by atoms with Crippen molar-refractivity contribution in [3.63, 3.8) is 0 Å². The van der Waals surface area contributed by atoms with Crippen LogP contribution < -0.4 is 15.8 Å². The Labute approximate surface area is 114 Å². The summed E-state index contributed by atoms with van der Waals surface area (Å²) in [5.41, 5.74) is 6.63. The minimum absolute atomic E-state index is 0.0813. The van der Waals surface area contributed by atoms with E-state index >= 15 is 0 Å². The summed E-state index contributed by atoms with van der Waals surface area (Å²) in [4.78, 5) is 13.6. The number of carbonyl (C=O) groups is 1. The summed E-state index contributed by atoms with van der Waals surface area (Å²) >= 11 is 0. The molecule has 0 spiro atoms. The Bertz CT molecular complexity index is 419. The molecular formula is C14H23N3O2. The molecule has 0 aliphatic rings. The van der Waals surface area contributed by atoms with E-state index < -0.39 is 6.04 Å². The number of nitrogens with two attached hydrogens (primary N) is 1. The number of carbonyl (C=O) groups excluding carboxylic acids is 1. The van der Waals surface area contributed by atoms with E-state index in [9.17, 15) is 4.79 Å². The van der Waals surface area contributed by atoms with Crippen molar-refractivity contribution in [1.82, 2.24) is 10.2 Å². The number of hydrogen-bond donors (Lipinski definition) is 2. The predicted molar refractivity (Wildman–Crippen MR) is 76.1 cm³/mol. The van der Waals surface area contributed by atoms with Crippen LogP contribution in [-0.4, -0.2) is 44.6 Å². The molecule has 0 aliphatic carbocycles. The molecule has 1 aromatic rings. The zero-order valence-corrected chi connectivity index (χ0v) is 12.0. The first-order valence-corrected chi connectivity index (χ1v) is 6.29. The first kappa shape index (κ1) is 15.5. The number of benzene rings is 1. The first-order chi connectivity index (χ1) is 8.95. The summed E-state index contributed by atoms with van der Waals surface area (Å²) in [7, 11) is 5.59. The van der Waals surface area contributed by atoms with Gasteiger partial charge < -0.3 is 20.7 Å². The molecule has 19 heavy (non-hydrogen) atoms. The standard InChI is InChI=1S/C14H23N3O2/c1-10(15)14(18)16-9-13(17(2)3)11-6-5-7-12(8-11)19-4/h5-8,10,13H,9,15H2,1-4H3,(H,16,18). The van der Waals surface area contributed by atoms with E-state index in [1.165, 1.54) is 0 Å². The summed E-state index contributed by atoms with van der Waals surface area (Å²) in [5, 5.41) is 2.85. The van der Waals surface area contributed by atoms with Gasteiger partial charge in [0.05, 0.1) is 19.2 Å². The minimum atomic E-state index is -0.492. The largest absolute Gasteiger partial charge is 0.497 e. The SMILES string of the molecule is COc1cccc(C(CNC(=O)C(C)N)N(C)C)c1. The van der Waals surface area contributed by atoms with Crippen LogP contribution in [0, 0.1) is 0 Å². The van der Waals surface area contributed by atoms with E-state index in [2.05, 4.69) is 10.2 Å². The number of amides is 1. The number of rotatable bonds is 6. The van der Waals surface area contributed by atoms with Crippen LogP contribution in [0.3, 0.4) is 0 Å². The van der Waals surface area contributed by atoms with Gasteiger partial charge in [0.1, 0.15) is 5.75 Å². The molecule has 2 atom stereocenters. The second-order valence-electron chi connectivity index (χ2n) is 4.79. The molecule has 2 unspecified atom stereocenters. The topological polar surface area (TPSA) is 67.6 Å². The minimum Gasteiger partial charge on any atom is -0.497 e. The van der Waals surface area contributed by atoms with Gasteiger partial charge in [-0.3, -0.25) is 4.79 Å². The second kappa shape index (κ2) is 7.11. The maximum absolute atomic E-state index is 11.5. The van der Waals surface area contributed by atoms with Crippen molar-refractivity contribution in [1.29, 1.82) is 0 Å². The van der Waals surface area contributed by atoms with E-state index in [1.807, 2.05) is 38.4 Å². The number of nitrogens with one attached hydrogen (secondary N) is 1. The van der Waals surface area contributed by atoms with Gasteiger partial charge in [0.25, 0.3) is 0 Å². The molecule has 0 saturated carbocycles. The zero-order valence-electron chi connectivity index (χ0n) is 12.0. The fraction of sp³-hybridized carbons (Fsp3) is 0.500. The average molecular weight is 265 g/mol. The second-order valence-corrected chi connectivity index (χ2v) is 4.79. The van der Waals surface area contributed by atoms with Crippen molar-refractivity contribution < 1.29 is 9.53 Å². The van der Waals surface area contributed by atoms with Crippen LogP contribution in [0.1, 0.15) is 18.5 Å². The van der Waals surface area contributed by atoms with Gasteiger partial charge in [0, 0.05) is 6.54 Å². The van der Waals surface area contributed by atoms with Crippen molar-refractivity contribution in [2.24, 2.45) is 5.73 Å². The maximum Gasteiger partial charge on any atom is 0.236 e. The highest BCUT2D eigenvalue weighted by molar-refractivity contribution is 5.80. The number of methoxy groups -OCH3 is 1. The van der Waals surface area contributed by atoms with Gasteiger partial charge in [-0.2, -0.15) is 0 Å². The van der Waals surface area contributed by atoms with Crippen LogP contribution in [0.2, 0.25) is 0 Å². The molecule has 5 heteroatoms. The van der Waals surface area contributed by atoms with Gasteiger partial charge in [0.15, 0.2) is 0 Å². The van der Waals surface area contributed by atoms with Gasteiger partial charge in [-0.25, -0.2) is 0 Å². The smallest absolute Gasteiger partial charge is 0.236 e. The van der Waals surface area contributed by atoms with Crippen molar-refractivity contribution in [2.75, 3.05) is 27.7 Å². The average Bonchev–Trinajstić information content (AvgIpc) is 2.38. The van der Waals surface area contributed by atoms with Gasteiger partial charge in [0.2, 0.25) is 5.91 Å². The molecule has 3 N–H and O–H groups in total. The molecule has 0 bridgehead atoms. The number of ether oxygens (including phenoxy) is 1. The normalized spacial score (nSPS) is 14.0. The lowest BCUT2D eigenvalue weighted by Gasteiger charge is -2.25. The lowest BCUT2D eigenvalue weighted by atomic mass is 10.1.